The fourth-order valence-corrected chi connectivity index (χ4v) is 7.20. The molecule has 178 valence electrons. The number of amides is 1. The van der Waals surface area contributed by atoms with Crippen LogP contribution in [0.1, 0.15) is 16.8 Å². The van der Waals surface area contributed by atoms with Crippen molar-refractivity contribution in [2.75, 3.05) is 51.4 Å². The number of benzene rings is 2. The number of rotatable bonds is 4. The molecule has 4 rings (SSSR count). The number of sulfone groups is 1. The molecule has 0 saturated carbocycles. The smallest absolute Gasteiger partial charge is 0.257 e. The Morgan fingerprint density at radius 3 is 2.18 bits per heavy atom. The lowest BCUT2D eigenvalue weighted by molar-refractivity contribution is 0.102. The first-order valence-electron chi connectivity index (χ1n) is 10.0. The standard InChI is InChI=1S/C20H20Cl3N3O5S2/c21-13-8-14(10-15(9-13)25-3-6-32(28,29)7-4-25)24-20(27)17-11-16(12-18(22)19(17)23)26-2-1-5-33(26,30)31/h8-12H,1-7H2,(H,24,27). The van der Waals surface area contributed by atoms with Crippen molar-refractivity contribution in [2.24, 2.45) is 0 Å². The zero-order valence-electron chi connectivity index (χ0n) is 17.2. The number of sulfonamides is 1. The predicted molar refractivity (Wildman–Crippen MR) is 132 cm³/mol. The van der Waals surface area contributed by atoms with E-state index in [1.807, 2.05) is 4.90 Å². The molecule has 0 spiro atoms. The summed E-state index contributed by atoms with van der Waals surface area (Å²) < 4.78 is 49.2. The van der Waals surface area contributed by atoms with E-state index >= 15 is 0 Å². The van der Waals surface area contributed by atoms with Crippen LogP contribution < -0.4 is 14.5 Å². The van der Waals surface area contributed by atoms with Crippen LogP contribution in [0.4, 0.5) is 17.1 Å². The Morgan fingerprint density at radius 2 is 1.55 bits per heavy atom. The Morgan fingerprint density at radius 1 is 0.848 bits per heavy atom. The molecule has 0 atom stereocenters. The minimum absolute atomic E-state index is 0.00185. The van der Waals surface area contributed by atoms with E-state index < -0.39 is 25.8 Å². The Balaban J connectivity index is 1.60. The molecule has 13 heteroatoms. The number of halogens is 3. The topological polar surface area (TPSA) is 104 Å². The van der Waals surface area contributed by atoms with Crippen molar-refractivity contribution in [2.45, 2.75) is 6.42 Å². The van der Waals surface area contributed by atoms with Crippen LogP contribution in [0.15, 0.2) is 30.3 Å². The van der Waals surface area contributed by atoms with Crippen molar-refractivity contribution in [3.63, 3.8) is 0 Å². The van der Waals surface area contributed by atoms with Crippen molar-refractivity contribution < 1.29 is 21.6 Å². The molecule has 0 aromatic heterocycles. The number of nitrogens with one attached hydrogen (secondary N) is 1. The van der Waals surface area contributed by atoms with E-state index in [1.54, 1.807) is 18.2 Å². The van der Waals surface area contributed by atoms with Crippen molar-refractivity contribution in [1.29, 1.82) is 0 Å². The zero-order chi connectivity index (χ0) is 24.0. The lowest BCUT2D eigenvalue weighted by atomic mass is 10.1. The molecule has 1 amide bonds. The monoisotopic (exact) mass is 551 g/mol. The fraction of sp³-hybridized carbons (Fsp3) is 0.350. The van der Waals surface area contributed by atoms with Gasteiger partial charge >= 0.3 is 0 Å². The first-order chi connectivity index (χ1) is 15.4. The van der Waals surface area contributed by atoms with E-state index in [0.29, 0.717) is 42.5 Å². The largest absolute Gasteiger partial charge is 0.369 e. The molecule has 2 fully saturated rings. The summed E-state index contributed by atoms with van der Waals surface area (Å²) >= 11 is 18.7. The summed E-state index contributed by atoms with van der Waals surface area (Å²) in [6, 6.07) is 7.75. The van der Waals surface area contributed by atoms with Crippen molar-refractivity contribution >= 4 is 77.6 Å². The van der Waals surface area contributed by atoms with Gasteiger partial charge in [-0.05, 0) is 36.8 Å². The van der Waals surface area contributed by atoms with E-state index in [1.165, 1.54) is 16.4 Å². The van der Waals surface area contributed by atoms with Crippen LogP contribution in [0.3, 0.4) is 0 Å². The minimum Gasteiger partial charge on any atom is -0.369 e. The Bertz CT molecular complexity index is 1320. The number of nitrogens with zero attached hydrogens (tertiary/aromatic N) is 2. The number of carbonyl (C=O) groups excluding carboxylic acids is 1. The average molecular weight is 553 g/mol. The van der Waals surface area contributed by atoms with Gasteiger partial charge in [0, 0.05) is 36.0 Å². The summed E-state index contributed by atoms with van der Waals surface area (Å²) in [6.45, 7) is 0.943. The van der Waals surface area contributed by atoms with Gasteiger partial charge in [0.25, 0.3) is 5.91 Å². The first-order valence-corrected chi connectivity index (χ1v) is 14.6. The summed E-state index contributed by atoms with van der Waals surface area (Å²) in [5.41, 5.74) is 1.34. The molecule has 1 N–H and O–H groups in total. The van der Waals surface area contributed by atoms with Gasteiger partial charge in [-0.2, -0.15) is 0 Å². The third kappa shape index (κ3) is 5.35. The second-order valence-corrected chi connectivity index (χ2v) is 13.4. The van der Waals surface area contributed by atoms with Crippen LogP contribution in [0.25, 0.3) is 0 Å². The van der Waals surface area contributed by atoms with Gasteiger partial charge in [0.05, 0.1) is 38.6 Å². The van der Waals surface area contributed by atoms with E-state index in [0.717, 1.165) is 0 Å². The van der Waals surface area contributed by atoms with Gasteiger partial charge in [0.2, 0.25) is 10.0 Å². The van der Waals surface area contributed by atoms with E-state index in [-0.39, 0.29) is 38.6 Å². The van der Waals surface area contributed by atoms with Crippen LogP contribution in [0.2, 0.25) is 15.1 Å². The first kappa shape index (κ1) is 24.4. The van der Waals surface area contributed by atoms with Crippen LogP contribution in [-0.4, -0.2) is 59.6 Å². The van der Waals surface area contributed by atoms with Crippen LogP contribution in [0.5, 0.6) is 0 Å². The van der Waals surface area contributed by atoms with Crippen LogP contribution in [-0.2, 0) is 19.9 Å². The summed E-state index contributed by atoms with van der Waals surface area (Å²) in [5, 5.41) is 3.14. The maximum Gasteiger partial charge on any atom is 0.257 e. The fourth-order valence-electron chi connectivity index (χ4n) is 3.81. The van der Waals surface area contributed by atoms with Crippen LogP contribution >= 0.6 is 34.8 Å². The molecule has 0 bridgehead atoms. The Hall–Kier alpha value is -1.72. The van der Waals surface area contributed by atoms with E-state index in [2.05, 4.69) is 5.32 Å². The summed E-state index contributed by atoms with van der Waals surface area (Å²) in [5.74, 6) is -0.476. The highest BCUT2D eigenvalue weighted by molar-refractivity contribution is 7.93. The zero-order valence-corrected chi connectivity index (χ0v) is 21.1. The van der Waals surface area contributed by atoms with Gasteiger partial charge < -0.3 is 10.2 Å². The molecular weight excluding hydrogens is 533 g/mol. The number of hydrogen-bond acceptors (Lipinski definition) is 6. The normalized spacial score (nSPS) is 19.5. The maximum absolute atomic E-state index is 13.0. The van der Waals surface area contributed by atoms with E-state index in [4.69, 9.17) is 34.8 Å². The van der Waals surface area contributed by atoms with Crippen molar-refractivity contribution in [1.82, 2.24) is 0 Å². The molecule has 2 aliphatic rings. The minimum atomic E-state index is -3.47. The molecule has 8 nitrogen and oxygen atoms in total. The Labute approximate surface area is 207 Å². The second kappa shape index (κ2) is 9.14. The average Bonchev–Trinajstić information content (AvgIpc) is 3.08. The highest BCUT2D eigenvalue weighted by Crippen LogP contribution is 2.35. The lowest BCUT2D eigenvalue weighted by Crippen LogP contribution is -2.40. The molecule has 2 saturated heterocycles. The number of carbonyl (C=O) groups is 1. The summed E-state index contributed by atoms with van der Waals surface area (Å²) in [4.78, 5) is 14.9. The van der Waals surface area contributed by atoms with Gasteiger partial charge in [-0.15, -0.1) is 0 Å². The van der Waals surface area contributed by atoms with Gasteiger partial charge in [-0.25, -0.2) is 16.8 Å². The molecule has 2 aromatic rings. The molecule has 33 heavy (non-hydrogen) atoms. The van der Waals surface area contributed by atoms with Gasteiger partial charge in [-0.1, -0.05) is 34.8 Å². The molecule has 0 radical (unpaired) electrons. The van der Waals surface area contributed by atoms with Gasteiger partial charge in [0.15, 0.2) is 9.84 Å². The number of hydrogen-bond donors (Lipinski definition) is 1. The third-order valence-electron chi connectivity index (χ3n) is 5.49. The highest BCUT2D eigenvalue weighted by Gasteiger charge is 2.30. The van der Waals surface area contributed by atoms with Crippen molar-refractivity contribution in [3.05, 3.63) is 51.0 Å². The van der Waals surface area contributed by atoms with E-state index in [9.17, 15) is 21.6 Å². The van der Waals surface area contributed by atoms with Gasteiger partial charge in [0.1, 0.15) is 0 Å². The van der Waals surface area contributed by atoms with Crippen LogP contribution in [0, 0.1) is 0 Å². The molecular formula is C20H20Cl3N3O5S2. The Kier molecular flexibility index (Phi) is 6.76. The quantitative estimate of drug-likeness (QED) is 0.621. The second-order valence-electron chi connectivity index (χ2n) is 7.82. The van der Waals surface area contributed by atoms with Crippen molar-refractivity contribution in [3.8, 4) is 0 Å². The predicted octanol–water partition coefficient (Wildman–Crippen LogP) is 3.67. The third-order valence-corrected chi connectivity index (χ3v) is 9.99. The lowest BCUT2D eigenvalue weighted by Gasteiger charge is -2.29. The highest BCUT2D eigenvalue weighted by atomic mass is 35.5. The van der Waals surface area contributed by atoms with Gasteiger partial charge in [-0.3, -0.25) is 9.10 Å². The number of anilines is 3. The maximum atomic E-state index is 13.0. The molecule has 2 aliphatic heterocycles. The molecule has 0 unspecified atom stereocenters. The molecule has 2 aromatic carbocycles. The molecule has 2 heterocycles. The molecule has 0 aliphatic carbocycles. The summed E-state index contributed by atoms with van der Waals surface area (Å²) in [7, 11) is -6.51. The summed E-state index contributed by atoms with van der Waals surface area (Å²) in [6.07, 6.45) is 0.479. The SMILES string of the molecule is O=C(Nc1cc(Cl)cc(N2CCS(=O)(=O)CC2)c1)c1cc(N2CCCS2(=O)=O)cc(Cl)c1Cl.